The molecule has 4 heteroatoms. The lowest BCUT2D eigenvalue weighted by molar-refractivity contribution is 0.243. The van der Waals surface area contributed by atoms with Crippen LogP contribution in [-0.4, -0.2) is 17.8 Å². The Morgan fingerprint density at radius 1 is 1.27 bits per heavy atom. The maximum absolute atomic E-state index is 8.92. The van der Waals surface area contributed by atoms with Crippen molar-refractivity contribution in [2.45, 2.75) is 25.9 Å². The van der Waals surface area contributed by atoms with E-state index in [9.17, 15) is 0 Å². The first-order chi connectivity index (χ1) is 7.04. The van der Waals surface area contributed by atoms with Gasteiger partial charge in [0.25, 0.3) is 0 Å². The predicted molar refractivity (Wildman–Crippen MR) is 64.6 cm³/mol. The van der Waals surface area contributed by atoms with Crippen LogP contribution >= 0.6 is 23.2 Å². The van der Waals surface area contributed by atoms with Gasteiger partial charge >= 0.3 is 0 Å². The summed E-state index contributed by atoms with van der Waals surface area (Å²) in [6.45, 7) is 4.06. The third-order valence-corrected chi connectivity index (χ3v) is 2.99. The van der Waals surface area contributed by atoms with Crippen molar-refractivity contribution in [1.82, 2.24) is 5.32 Å². The second-order valence-electron chi connectivity index (χ2n) is 3.65. The summed E-state index contributed by atoms with van der Waals surface area (Å²) in [5.74, 6) is 0. The minimum Gasteiger partial charge on any atom is -0.395 e. The number of aliphatic hydroxyl groups excluding tert-OH is 1. The Bertz CT molecular complexity index is 330. The molecule has 84 valence electrons. The van der Waals surface area contributed by atoms with Gasteiger partial charge in [-0.15, -0.1) is 0 Å². The van der Waals surface area contributed by atoms with Crippen molar-refractivity contribution in [3.8, 4) is 0 Å². The van der Waals surface area contributed by atoms with E-state index in [2.05, 4.69) is 5.32 Å². The fraction of sp³-hybridized carbons (Fsp3) is 0.455. The molecular weight excluding hydrogens is 233 g/mol. The van der Waals surface area contributed by atoms with Crippen LogP contribution < -0.4 is 5.32 Å². The Balaban J connectivity index is 2.73. The van der Waals surface area contributed by atoms with Crippen LogP contribution in [0.25, 0.3) is 0 Å². The van der Waals surface area contributed by atoms with Gasteiger partial charge in [0.2, 0.25) is 0 Å². The molecule has 0 saturated carbocycles. The van der Waals surface area contributed by atoms with E-state index in [-0.39, 0.29) is 18.7 Å². The zero-order chi connectivity index (χ0) is 11.4. The highest BCUT2D eigenvalue weighted by Crippen LogP contribution is 2.25. The smallest absolute Gasteiger partial charge is 0.0595 e. The van der Waals surface area contributed by atoms with E-state index in [0.717, 1.165) is 5.56 Å². The maximum Gasteiger partial charge on any atom is 0.0595 e. The lowest BCUT2D eigenvalue weighted by Gasteiger charge is -2.19. The van der Waals surface area contributed by atoms with Crippen molar-refractivity contribution in [2.75, 3.05) is 6.61 Å². The van der Waals surface area contributed by atoms with E-state index in [0.29, 0.717) is 10.0 Å². The number of rotatable bonds is 4. The van der Waals surface area contributed by atoms with Gasteiger partial charge < -0.3 is 10.4 Å². The molecule has 1 aromatic carbocycles. The van der Waals surface area contributed by atoms with Gasteiger partial charge in [0.1, 0.15) is 0 Å². The molecule has 0 heterocycles. The summed E-state index contributed by atoms with van der Waals surface area (Å²) in [6, 6.07) is 5.75. The number of benzene rings is 1. The zero-order valence-corrected chi connectivity index (χ0v) is 10.3. The highest BCUT2D eigenvalue weighted by molar-refractivity contribution is 6.42. The molecule has 0 fully saturated rings. The molecule has 2 N–H and O–H groups in total. The van der Waals surface area contributed by atoms with E-state index in [1.807, 2.05) is 26.0 Å². The number of hydrogen-bond acceptors (Lipinski definition) is 2. The molecule has 1 unspecified atom stereocenters. The van der Waals surface area contributed by atoms with Crippen LogP contribution in [0.3, 0.4) is 0 Å². The molecule has 0 aliphatic carbocycles. The van der Waals surface area contributed by atoms with Crippen LogP contribution in [0.15, 0.2) is 18.2 Å². The van der Waals surface area contributed by atoms with Crippen molar-refractivity contribution in [3.63, 3.8) is 0 Å². The van der Waals surface area contributed by atoms with Gasteiger partial charge in [-0.2, -0.15) is 0 Å². The SMILES string of the molecule is CC(N[C@@H](C)CO)c1ccc(Cl)c(Cl)c1. The van der Waals surface area contributed by atoms with Crippen molar-refractivity contribution in [1.29, 1.82) is 0 Å². The monoisotopic (exact) mass is 247 g/mol. The molecule has 0 aromatic heterocycles. The van der Waals surface area contributed by atoms with E-state index < -0.39 is 0 Å². The fourth-order valence-corrected chi connectivity index (χ4v) is 1.66. The Morgan fingerprint density at radius 3 is 2.47 bits per heavy atom. The summed E-state index contributed by atoms with van der Waals surface area (Å²) >= 11 is 11.7. The van der Waals surface area contributed by atoms with Crippen molar-refractivity contribution in [3.05, 3.63) is 33.8 Å². The van der Waals surface area contributed by atoms with Crippen molar-refractivity contribution in [2.24, 2.45) is 0 Å². The number of hydrogen-bond donors (Lipinski definition) is 2. The third-order valence-electron chi connectivity index (χ3n) is 2.25. The molecule has 2 nitrogen and oxygen atoms in total. The molecule has 0 bridgehead atoms. The largest absolute Gasteiger partial charge is 0.395 e. The molecular formula is C11H15Cl2NO. The highest BCUT2D eigenvalue weighted by Gasteiger charge is 2.09. The molecule has 0 spiro atoms. The first kappa shape index (κ1) is 12.8. The zero-order valence-electron chi connectivity index (χ0n) is 8.80. The Labute approximate surface area is 100 Å². The first-order valence-electron chi connectivity index (χ1n) is 4.86. The Hall–Kier alpha value is -0.280. The number of nitrogens with one attached hydrogen (secondary N) is 1. The molecule has 1 rings (SSSR count). The van der Waals surface area contributed by atoms with Gasteiger partial charge in [0.05, 0.1) is 16.7 Å². The second kappa shape index (κ2) is 5.71. The molecule has 0 radical (unpaired) electrons. The van der Waals surface area contributed by atoms with E-state index >= 15 is 0 Å². The fourth-order valence-electron chi connectivity index (χ4n) is 1.36. The summed E-state index contributed by atoms with van der Waals surface area (Å²) in [5.41, 5.74) is 1.06. The summed E-state index contributed by atoms with van der Waals surface area (Å²) in [6.07, 6.45) is 0. The van der Waals surface area contributed by atoms with Crippen LogP contribution in [-0.2, 0) is 0 Å². The van der Waals surface area contributed by atoms with Crippen LogP contribution in [0.2, 0.25) is 10.0 Å². The molecule has 0 aliphatic heterocycles. The van der Waals surface area contributed by atoms with E-state index in [4.69, 9.17) is 28.3 Å². The number of halogens is 2. The second-order valence-corrected chi connectivity index (χ2v) is 4.46. The van der Waals surface area contributed by atoms with Crippen LogP contribution in [0.4, 0.5) is 0 Å². The summed E-state index contributed by atoms with van der Waals surface area (Å²) < 4.78 is 0. The van der Waals surface area contributed by atoms with Gasteiger partial charge in [-0.1, -0.05) is 29.3 Å². The summed E-state index contributed by atoms with van der Waals surface area (Å²) in [7, 11) is 0. The summed E-state index contributed by atoms with van der Waals surface area (Å²) in [4.78, 5) is 0. The lowest BCUT2D eigenvalue weighted by Crippen LogP contribution is -2.31. The van der Waals surface area contributed by atoms with Gasteiger partial charge in [-0.25, -0.2) is 0 Å². The molecule has 0 saturated heterocycles. The van der Waals surface area contributed by atoms with Crippen molar-refractivity contribution >= 4 is 23.2 Å². The topological polar surface area (TPSA) is 32.3 Å². The lowest BCUT2D eigenvalue weighted by atomic mass is 10.1. The quantitative estimate of drug-likeness (QED) is 0.858. The average Bonchev–Trinajstić information content (AvgIpc) is 2.21. The molecule has 0 amide bonds. The van der Waals surface area contributed by atoms with Gasteiger partial charge in [0.15, 0.2) is 0 Å². The van der Waals surface area contributed by atoms with Crippen LogP contribution in [0.5, 0.6) is 0 Å². The summed E-state index contributed by atoms with van der Waals surface area (Å²) in [5, 5.41) is 13.3. The average molecular weight is 248 g/mol. The Morgan fingerprint density at radius 2 is 1.93 bits per heavy atom. The molecule has 0 aliphatic rings. The van der Waals surface area contributed by atoms with E-state index in [1.54, 1.807) is 6.07 Å². The highest BCUT2D eigenvalue weighted by atomic mass is 35.5. The van der Waals surface area contributed by atoms with Crippen molar-refractivity contribution < 1.29 is 5.11 Å². The number of aliphatic hydroxyl groups is 1. The normalized spacial score (nSPS) is 15.0. The first-order valence-corrected chi connectivity index (χ1v) is 5.62. The molecule has 2 atom stereocenters. The van der Waals surface area contributed by atoms with Gasteiger partial charge in [0, 0.05) is 12.1 Å². The predicted octanol–water partition coefficient (Wildman–Crippen LogP) is 3.02. The molecule has 1 aromatic rings. The van der Waals surface area contributed by atoms with Crippen LogP contribution in [0, 0.1) is 0 Å². The van der Waals surface area contributed by atoms with Crippen LogP contribution in [0.1, 0.15) is 25.5 Å². The minimum absolute atomic E-state index is 0.0643. The minimum atomic E-state index is 0.0643. The standard InChI is InChI=1S/C11H15Cl2NO/c1-7(6-15)14-8(2)9-3-4-10(12)11(13)5-9/h3-5,7-8,14-15H,6H2,1-2H3/t7-,8?/m0/s1. The van der Waals surface area contributed by atoms with Gasteiger partial charge in [-0.3, -0.25) is 0 Å². The molecule has 15 heavy (non-hydrogen) atoms. The third kappa shape index (κ3) is 3.65. The maximum atomic E-state index is 8.92. The van der Waals surface area contributed by atoms with E-state index in [1.165, 1.54) is 0 Å². The Kier molecular flexibility index (Phi) is 4.87. The van der Waals surface area contributed by atoms with Gasteiger partial charge in [-0.05, 0) is 31.5 Å².